The fourth-order valence-electron chi connectivity index (χ4n) is 3.55. The van der Waals surface area contributed by atoms with E-state index in [0.29, 0.717) is 24.4 Å². The van der Waals surface area contributed by atoms with E-state index < -0.39 is 0 Å². The van der Waals surface area contributed by atoms with Gasteiger partial charge in [0.2, 0.25) is 0 Å². The van der Waals surface area contributed by atoms with Gasteiger partial charge in [-0.05, 0) is 18.8 Å². The van der Waals surface area contributed by atoms with Crippen LogP contribution >= 0.6 is 0 Å². The Morgan fingerprint density at radius 3 is 2.88 bits per heavy atom. The molecule has 2 heteroatoms. The van der Waals surface area contributed by atoms with E-state index in [1.165, 1.54) is 5.57 Å². The van der Waals surface area contributed by atoms with E-state index in [0.717, 1.165) is 0 Å². The van der Waals surface area contributed by atoms with Crippen molar-refractivity contribution in [3.63, 3.8) is 0 Å². The first-order valence-electron chi connectivity index (χ1n) is 6.10. The van der Waals surface area contributed by atoms with Crippen LogP contribution in [0.15, 0.2) is 24.3 Å². The van der Waals surface area contributed by atoms with Crippen molar-refractivity contribution in [2.45, 2.75) is 26.9 Å². The molecule has 90 valence electrons. The van der Waals surface area contributed by atoms with Crippen molar-refractivity contribution >= 4 is 0 Å². The maximum atomic E-state index is 9.74. The normalized spacial score (nSPS) is 47.4. The minimum Gasteiger partial charge on any atom is -0.396 e. The lowest BCUT2D eigenvalue weighted by Gasteiger charge is -2.54. The first-order valence-corrected chi connectivity index (χ1v) is 6.10. The quantitative estimate of drug-likeness (QED) is 0.727. The van der Waals surface area contributed by atoms with Crippen molar-refractivity contribution in [1.29, 1.82) is 0 Å². The van der Waals surface area contributed by atoms with Gasteiger partial charge >= 0.3 is 0 Å². The van der Waals surface area contributed by atoms with Gasteiger partial charge in [0, 0.05) is 11.3 Å². The third-order valence-corrected chi connectivity index (χ3v) is 4.82. The van der Waals surface area contributed by atoms with Crippen LogP contribution in [-0.4, -0.2) is 24.4 Å². The highest BCUT2D eigenvalue weighted by Crippen LogP contribution is 2.52. The van der Waals surface area contributed by atoms with Gasteiger partial charge in [-0.2, -0.15) is 0 Å². The van der Waals surface area contributed by atoms with Crippen LogP contribution in [0, 0.1) is 23.2 Å². The minimum atomic E-state index is -0.0936. The number of hydrogen-bond donors (Lipinski definition) is 1. The first kappa shape index (κ1) is 11.9. The molecular formula is C14H22O2. The second kappa shape index (κ2) is 4.01. The number of aliphatic hydroxyl groups excluding tert-OH is 1. The molecule has 2 rings (SSSR count). The maximum absolute atomic E-state index is 9.74. The molecule has 0 aromatic heterocycles. The second-order valence-electron chi connectivity index (χ2n) is 5.42. The van der Waals surface area contributed by atoms with Gasteiger partial charge in [0.1, 0.15) is 0 Å². The van der Waals surface area contributed by atoms with Gasteiger partial charge in [0.05, 0.1) is 19.3 Å². The van der Waals surface area contributed by atoms with E-state index in [4.69, 9.17) is 4.74 Å². The molecule has 0 aromatic rings. The molecule has 16 heavy (non-hydrogen) atoms. The van der Waals surface area contributed by atoms with Crippen LogP contribution in [-0.2, 0) is 4.74 Å². The third-order valence-electron chi connectivity index (χ3n) is 4.82. The molecule has 1 fully saturated rings. The fourth-order valence-corrected chi connectivity index (χ4v) is 3.55. The van der Waals surface area contributed by atoms with E-state index in [1.54, 1.807) is 0 Å². The van der Waals surface area contributed by atoms with E-state index in [-0.39, 0.29) is 18.1 Å². The molecule has 2 bridgehead atoms. The van der Waals surface area contributed by atoms with Crippen LogP contribution in [0.1, 0.15) is 20.8 Å². The second-order valence-corrected chi connectivity index (χ2v) is 5.42. The van der Waals surface area contributed by atoms with Crippen molar-refractivity contribution in [3.8, 4) is 0 Å². The van der Waals surface area contributed by atoms with Gasteiger partial charge in [0.15, 0.2) is 0 Å². The van der Waals surface area contributed by atoms with E-state index in [1.807, 2.05) is 6.08 Å². The SMILES string of the molecule is C=CC1OCC2(CO)C(C)C=C(C)C1C2C. The molecule has 1 N–H and O–H groups in total. The summed E-state index contributed by atoms with van der Waals surface area (Å²) in [6, 6.07) is 0. The van der Waals surface area contributed by atoms with E-state index in [2.05, 4.69) is 33.4 Å². The molecule has 0 aromatic carbocycles. The van der Waals surface area contributed by atoms with Crippen LogP contribution in [0.2, 0.25) is 0 Å². The molecular weight excluding hydrogens is 200 g/mol. The highest BCUT2D eigenvalue weighted by Gasteiger charge is 2.52. The zero-order chi connectivity index (χ0) is 11.9. The van der Waals surface area contributed by atoms with Crippen LogP contribution in [0.3, 0.4) is 0 Å². The predicted octanol–water partition coefficient (Wildman–Crippen LogP) is 2.40. The zero-order valence-corrected chi connectivity index (χ0v) is 10.4. The molecule has 1 heterocycles. The molecule has 5 unspecified atom stereocenters. The predicted molar refractivity (Wildman–Crippen MR) is 65.0 cm³/mol. The molecule has 1 aliphatic heterocycles. The average molecular weight is 222 g/mol. The molecule has 2 nitrogen and oxygen atoms in total. The molecule has 1 aliphatic carbocycles. The molecule has 2 aliphatic rings. The lowest BCUT2D eigenvalue weighted by molar-refractivity contribution is -0.148. The summed E-state index contributed by atoms with van der Waals surface area (Å²) in [5.41, 5.74) is 1.29. The summed E-state index contributed by atoms with van der Waals surface area (Å²) in [5, 5.41) is 9.74. The van der Waals surface area contributed by atoms with Crippen LogP contribution in [0.4, 0.5) is 0 Å². The number of rotatable bonds is 2. The standard InChI is InChI=1S/C14H22O2/c1-5-12-13-9(2)6-10(3)14(7-15,8-16-12)11(13)4/h5-6,10-13,15H,1,7-8H2,2-4H3. The fraction of sp³-hybridized carbons (Fsp3) is 0.714. The van der Waals surface area contributed by atoms with E-state index in [9.17, 15) is 5.11 Å². The Morgan fingerprint density at radius 1 is 1.62 bits per heavy atom. The summed E-state index contributed by atoms with van der Waals surface area (Å²) in [5.74, 6) is 1.22. The molecule has 1 saturated heterocycles. The Hall–Kier alpha value is -0.600. The minimum absolute atomic E-state index is 0.0936. The highest BCUT2D eigenvalue weighted by atomic mass is 16.5. The first-order chi connectivity index (χ1) is 7.56. The van der Waals surface area contributed by atoms with Gasteiger partial charge in [-0.15, -0.1) is 6.58 Å². The number of hydrogen-bond acceptors (Lipinski definition) is 2. The Kier molecular flexibility index (Phi) is 2.97. The van der Waals surface area contributed by atoms with E-state index >= 15 is 0 Å². The van der Waals surface area contributed by atoms with Gasteiger partial charge in [-0.25, -0.2) is 0 Å². The Bertz CT molecular complexity index is 321. The average Bonchev–Trinajstić information content (AvgIpc) is 2.26. The Morgan fingerprint density at radius 2 is 2.31 bits per heavy atom. The van der Waals surface area contributed by atoms with Crippen molar-refractivity contribution in [3.05, 3.63) is 24.3 Å². The highest BCUT2D eigenvalue weighted by molar-refractivity contribution is 5.22. The number of ether oxygens (including phenoxy) is 1. The van der Waals surface area contributed by atoms with Gasteiger partial charge in [-0.3, -0.25) is 0 Å². The summed E-state index contributed by atoms with van der Waals surface area (Å²) in [6.07, 6.45) is 4.31. The number of fused-ring (bicyclic) bond motifs is 2. The molecule has 5 atom stereocenters. The van der Waals surface area contributed by atoms with Gasteiger partial charge in [0.25, 0.3) is 0 Å². The summed E-state index contributed by atoms with van der Waals surface area (Å²) in [7, 11) is 0. The molecule has 0 radical (unpaired) electrons. The maximum Gasteiger partial charge on any atom is 0.0821 e. The molecule has 0 saturated carbocycles. The Labute approximate surface area is 98.0 Å². The third kappa shape index (κ3) is 1.40. The Balaban J connectivity index is 2.44. The monoisotopic (exact) mass is 222 g/mol. The van der Waals surface area contributed by atoms with Crippen molar-refractivity contribution in [1.82, 2.24) is 0 Å². The topological polar surface area (TPSA) is 29.5 Å². The zero-order valence-electron chi connectivity index (χ0n) is 10.4. The lowest BCUT2D eigenvalue weighted by Crippen LogP contribution is -2.55. The number of aliphatic hydroxyl groups is 1. The number of allylic oxidation sites excluding steroid dienone is 1. The summed E-state index contributed by atoms with van der Waals surface area (Å²) in [4.78, 5) is 0. The van der Waals surface area contributed by atoms with Crippen molar-refractivity contribution in [2.75, 3.05) is 13.2 Å². The summed E-state index contributed by atoms with van der Waals surface area (Å²) < 4.78 is 5.88. The summed E-state index contributed by atoms with van der Waals surface area (Å²) >= 11 is 0. The van der Waals surface area contributed by atoms with Crippen LogP contribution < -0.4 is 0 Å². The van der Waals surface area contributed by atoms with Crippen LogP contribution in [0.25, 0.3) is 0 Å². The summed E-state index contributed by atoms with van der Waals surface area (Å²) in [6.45, 7) is 11.3. The molecule has 0 spiro atoms. The molecule has 0 amide bonds. The lowest BCUT2D eigenvalue weighted by atomic mass is 9.56. The van der Waals surface area contributed by atoms with Crippen molar-refractivity contribution in [2.24, 2.45) is 23.2 Å². The van der Waals surface area contributed by atoms with Crippen molar-refractivity contribution < 1.29 is 9.84 Å². The smallest absolute Gasteiger partial charge is 0.0821 e. The van der Waals surface area contributed by atoms with Crippen LogP contribution in [0.5, 0.6) is 0 Å². The van der Waals surface area contributed by atoms with Gasteiger partial charge < -0.3 is 9.84 Å². The largest absolute Gasteiger partial charge is 0.396 e. The van der Waals surface area contributed by atoms with Gasteiger partial charge in [-0.1, -0.05) is 31.6 Å².